The largest absolute Gasteiger partial charge is 0.386 e. The number of carbonyl (C=O) groups excluding carboxylic acids is 1. The van der Waals surface area contributed by atoms with Gasteiger partial charge in [0.1, 0.15) is 11.9 Å². The Kier molecular flexibility index (Phi) is 2.29. The maximum atomic E-state index is 10.4. The summed E-state index contributed by atoms with van der Waals surface area (Å²) in [6.07, 6.45) is 1.40. The van der Waals surface area contributed by atoms with Gasteiger partial charge in [-0.25, -0.2) is 0 Å². The molecule has 0 spiro atoms. The van der Waals surface area contributed by atoms with Crippen molar-refractivity contribution in [3.05, 3.63) is 0 Å². The minimum atomic E-state index is -1.02. The third kappa shape index (κ3) is 1.76. The molecule has 0 amide bonds. The second-order valence-corrected chi connectivity index (χ2v) is 4.95. The van der Waals surface area contributed by atoms with Gasteiger partial charge in [-0.2, -0.15) is 0 Å². The molecular weight excluding hydrogens is 168 g/mol. The second-order valence-electron chi connectivity index (χ2n) is 4.95. The van der Waals surface area contributed by atoms with Gasteiger partial charge in [0, 0.05) is 12.8 Å². The molecule has 13 heavy (non-hydrogen) atoms. The summed E-state index contributed by atoms with van der Waals surface area (Å²) in [5.74, 6) is 0. The summed E-state index contributed by atoms with van der Waals surface area (Å²) >= 11 is 0. The molecule has 1 aliphatic rings. The fourth-order valence-corrected chi connectivity index (χ4v) is 2.19. The molecule has 0 radical (unpaired) electrons. The Balaban J connectivity index is 2.92. The summed E-state index contributed by atoms with van der Waals surface area (Å²) in [7, 11) is 0. The first-order valence-corrected chi connectivity index (χ1v) is 4.59. The highest BCUT2D eigenvalue weighted by Crippen LogP contribution is 2.46. The van der Waals surface area contributed by atoms with E-state index < -0.39 is 11.2 Å². The van der Waals surface area contributed by atoms with Crippen LogP contribution in [0.4, 0.5) is 0 Å². The molecule has 3 nitrogen and oxygen atoms in total. The molecule has 1 saturated heterocycles. The van der Waals surface area contributed by atoms with Gasteiger partial charge in [-0.05, 0) is 27.7 Å². The molecular formula is C10H18O3. The van der Waals surface area contributed by atoms with Crippen molar-refractivity contribution in [2.75, 3.05) is 0 Å². The van der Waals surface area contributed by atoms with Crippen molar-refractivity contribution >= 4 is 6.29 Å². The smallest absolute Gasteiger partial charge is 0.122 e. The van der Waals surface area contributed by atoms with Gasteiger partial charge in [-0.15, -0.1) is 0 Å². The molecule has 1 fully saturated rings. The topological polar surface area (TPSA) is 46.5 Å². The maximum absolute atomic E-state index is 10.4. The van der Waals surface area contributed by atoms with Crippen LogP contribution in [0.1, 0.15) is 40.5 Å². The maximum Gasteiger partial charge on any atom is 0.122 e. The molecule has 0 aromatic carbocycles. The van der Waals surface area contributed by atoms with Crippen LogP contribution < -0.4 is 0 Å². The van der Waals surface area contributed by atoms with E-state index in [2.05, 4.69) is 0 Å². The van der Waals surface area contributed by atoms with Crippen LogP contribution in [0.5, 0.6) is 0 Å². The van der Waals surface area contributed by atoms with Crippen molar-refractivity contribution in [2.45, 2.75) is 57.3 Å². The van der Waals surface area contributed by atoms with Crippen molar-refractivity contribution in [1.29, 1.82) is 0 Å². The fourth-order valence-electron chi connectivity index (χ4n) is 2.19. The number of hydrogen-bond acceptors (Lipinski definition) is 3. The third-order valence-corrected chi connectivity index (χ3v) is 2.79. The SMILES string of the molecule is CC1(C)CC(O)(CC=O)C(C)(C)O1. The number of carbonyl (C=O) groups is 1. The van der Waals surface area contributed by atoms with Crippen LogP contribution in [0.25, 0.3) is 0 Å². The van der Waals surface area contributed by atoms with Gasteiger partial charge in [0.2, 0.25) is 0 Å². The van der Waals surface area contributed by atoms with E-state index in [9.17, 15) is 9.90 Å². The summed E-state index contributed by atoms with van der Waals surface area (Å²) in [6.45, 7) is 7.51. The van der Waals surface area contributed by atoms with Crippen molar-refractivity contribution in [1.82, 2.24) is 0 Å². The minimum Gasteiger partial charge on any atom is -0.386 e. The van der Waals surface area contributed by atoms with E-state index in [1.165, 1.54) is 0 Å². The summed E-state index contributed by atoms with van der Waals surface area (Å²) in [6, 6.07) is 0. The predicted molar refractivity (Wildman–Crippen MR) is 49.5 cm³/mol. The standard InChI is InChI=1S/C10H18O3/c1-8(2)7-10(12,5-6-11)9(3,4)13-8/h6,12H,5,7H2,1-4H3. The molecule has 0 saturated carbocycles. The summed E-state index contributed by atoms with van der Waals surface area (Å²) in [4.78, 5) is 10.4. The van der Waals surface area contributed by atoms with Gasteiger partial charge < -0.3 is 14.6 Å². The first-order chi connectivity index (χ1) is 5.72. The Morgan fingerprint density at radius 2 is 1.92 bits per heavy atom. The molecule has 1 heterocycles. The molecule has 1 N–H and O–H groups in total. The van der Waals surface area contributed by atoms with Crippen molar-refractivity contribution in [3.63, 3.8) is 0 Å². The van der Waals surface area contributed by atoms with Crippen LogP contribution in [0.15, 0.2) is 0 Å². The zero-order valence-electron chi connectivity index (χ0n) is 8.76. The van der Waals surface area contributed by atoms with Crippen LogP contribution in [0, 0.1) is 0 Å². The van der Waals surface area contributed by atoms with E-state index in [1.807, 2.05) is 27.7 Å². The average molecular weight is 186 g/mol. The molecule has 76 valence electrons. The average Bonchev–Trinajstić information content (AvgIpc) is 1.96. The van der Waals surface area contributed by atoms with E-state index in [0.29, 0.717) is 6.42 Å². The van der Waals surface area contributed by atoms with Crippen LogP contribution in [-0.2, 0) is 9.53 Å². The Bertz CT molecular complexity index is 220. The number of aliphatic hydroxyl groups is 1. The monoisotopic (exact) mass is 186 g/mol. The van der Waals surface area contributed by atoms with Gasteiger partial charge in [-0.1, -0.05) is 0 Å². The first-order valence-electron chi connectivity index (χ1n) is 4.59. The van der Waals surface area contributed by atoms with Gasteiger partial charge >= 0.3 is 0 Å². The van der Waals surface area contributed by atoms with Crippen LogP contribution in [0.2, 0.25) is 0 Å². The van der Waals surface area contributed by atoms with Gasteiger partial charge in [0.15, 0.2) is 0 Å². The van der Waals surface area contributed by atoms with Gasteiger partial charge in [-0.3, -0.25) is 0 Å². The van der Waals surface area contributed by atoms with Gasteiger partial charge in [0.05, 0.1) is 11.2 Å². The van der Waals surface area contributed by atoms with Gasteiger partial charge in [0.25, 0.3) is 0 Å². The van der Waals surface area contributed by atoms with Crippen molar-refractivity contribution < 1.29 is 14.6 Å². The van der Waals surface area contributed by atoms with E-state index in [0.717, 1.165) is 6.29 Å². The zero-order chi connectivity index (χ0) is 10.3. The molecule has 1 unspecified atom stereocenters. The highest BCUT2D eigenvalue weighted by molar-refractivity contribution is 5.52. The number of ether oxygens (including phenoxy) is 1. The lowest BCUT2D eigenvalue weighted by Crippen LogP contribution is -2.46. The lowest BCUT2D eigenvalue weighted by molar-refractivity contribution is -0.136. The quantitative estimate of drug-likeness (QED) is 0.661. The van der Waals surface area contributed by atoms with Crippen molar-refractivity contribution in [2.24, 2.45) is 0 Å². The normalized spacial score (nSPS) is 36.1. The predicted octanol–water partition coefficient (Wildman–Crippen LogP) is 1.28. The molecule has 1 aliphatic heterocycles. The fraction of sp³-hybridized carbons (Fsp3) is 0.900. The summed E-state index contributed by atoms with van der Waals surface area (Å²) in [5.41, 5.74) is -2.00. The van der Waals surface area contributed by atoms with Crippen LogP contribution in [0.3, 0.4) is 0 Å². The Hall–Kier alpha value is -0.410. The van der Waals surface area contributed by atoms with E-state index in [-0.39, 0.29) is 12.0 Å². The van der Waals surface area contributed by atoms with Crippen LogP contribution >= 0.6 is 0 Å². The highest BCUT2D eigenvalue weighted by atomic mass is 16.5. The minimum absolute atomic E-state index is 0.142. The summed E-state index contributed by atoms with van der Waals surface area (Å²) in [5, 5.41) is 10.2. The molecule has 0 aliphatic carbocycles. The third-order valence-electron chi connectivity index (χ3n) is 2.79. The molecule has 1 atom stereocenters. The number of rotatable bonds is 2. The Morgan fingerprint density at radius 3 is 2.23 bits per heavy atom. The summed E-state index contributed by atoms with van der Waals surface area (Å²) < 4.78 is 5.70. The lowest BCUT2D eigenvalue weighted by atomic mass is 9.80. The van der Waals surface area contributed by atoms with Crippen LogP contribution in [-0.4, -0.2) is 28.2 Å². The molecule has 1 rings (SSSR count). The molecule has 0 aromatic rings. The number of aldehydes is 1. The lowest BCUT2D eigenvalue weighted by Gasteiger charge is -2.33. The molecule has 0 aromatic heterocycles. The number of hydrogen-bond donors (Lipinski definition) is 1. The highest BCUT2D eigenvalue weighted by Gasteiger charge is 2.55. The van der Waals surface area contributed by atoms with E-state index >= 15 is 0 Å². The zero-order valence-corrected chi connectivity index (χ0v) is 8.76. The van der Waals surface area contributed by atoms with E-state index in [1.54, 1.807) is 0 Å². The molecule has 0 bridgehead atoms. The Morgan fingerprint density at radius 1 is 1.38 bits per heavy atom. The Labute approximate surface area is 79.1 Å². The second kappa shape index (κ2) is 2.79. The first kappa shape index (κ1) is 10.7. The molecule has 3 heteroatoms. The van der Waals surface area contributed by atoms with E-state index in [4.69, 9.17) is 4.74 Å². The van der Waals surface area contributed by atoms with Crippen molar-refractivity contribution in [3.8, 4) is 0 Å².